The van der Waals surface area contributed by atoms with Crippen molar-refractivity contribution in [1.29, 1.82) is 0 Å². The van der Waals surface area contributed by atoms with Gasteiger partial charge in [0.05, 0.1) is 0 Å². The molecule has 2 aliphatic rings. The lowest BCUT2D eigenvalue weighted by molar-refractivity contribution is 0.488. The van der Waals surface area contributed by atoms with Crippen molar-refractivity contribution < 1.29 is 4.74 Å². The molecule has 1 aliphatic carbocycles. The monoisotopic (exact) mass is 486 g/mol. The van der Waals surface area contributed by atoms with Crippen LogP contribution in [0, 0.1) is 0 Å². The molecular weight excluding hydrogens is 460 g/mol. The summed E-state index contributed by atoms with van der Waals surface area (Å²) in [6, 6.07) is 43.9. The van der Waals surface area contributed by atoms with Gasteiger partial charge in [-0.05, 0) is 79.5 Å². The zero-order valence-corrected chi connectivity index (χ0v) is 21.5. The van der Waals surface area contributed by atoms with Gasteiger partial charge < -0.3 is 4.74 Å². The molecule has 0 aromatic heterocycles. The first-order valence-corrected chi connectivity index (χ1v) is 13.3. The summed E-state index contributed by atoms with van der Waals surface area (Å²) in [6.07, 6.45) is 0. The number of benzene rings is 6. The molecule has 8 rings (SSSR count). The molecule has 0 bridgehead atoms. The highest BCUT2D eigenvalue weighted by Gasteiger charge is 2.35. The SMILES string of the molecule is CC1(C)c2ccccc2-c2ccc(-c3ccc4c(c3)-c3ccccc3-c3c(ccc5ccccc35)O4)cc21. The molecule has 0 saturated heterocycles. The van der Waals surface area contributed by atoms with Crippen LogP contribution in [0.15, 0.2) is 121 Å². The average Bonchev–Trinajstić information content (AvgIpc) is 3.09. The minimum absolute atomic E-state index is 0.0218. The second-order valence-electron chi connectivity index (χ2n) is 10.9. The number of hydrogen-bond acceptors (Lipinski definition) is 1. The Morgan fingerprint density at radius 1 is 0.474 bits per heavy atom. The summed E-state index contributed by atoms with van der Waals surface area (Å²) in [5.74, 6) is 1.80. The normalized spacial score (nSPS) is 13.9. The summed E-state index contributed by atoms with van der Waals surface area (Å²) in [5.41, 5.74) is 12.6. The summed E-state index contributed by atoms with van der Waals surface area (Å²) in [6.45, 7) is 4.67. The Balaban J connectivity index is 1.31. The van der Waals surface area contributed by atoms with E-state index in [1.807, 2.05) is 0 Å². The van der Waals surface area contributed by atoms with Crippen LogP contribution in [-0.2, 0) is 5.41 Å². The molecular formula is C37H26O. The van der Waals surface area contributed by atoms with Crippen molar-refractivity contribution in [3.05, 3.63) is 132 Å². The lowest BCUT2D eigenvalue weighted by atomic mass is 9.81. The molecule has 6 aromatic carbocycles. The molecule has 0 atom stereocenters. The van der Waals surface area contributed by atoms with Crippen molar-refractivity contribution in [3.63, 3.8) is 0 Å². The quantitative estimate of drug-likeness (QED) is 0.224. The predicted molar refractivity (Wildman–Crippen MR) is 158 cm³/mol. The van der Waals surface area contributed by atoms with E-state index in [2.05, 4.69) is 135 Å². The molecule has 0 radical (unpaired) electrons. The van der Waals surface area contributed by atoms with Gasteiger partial charge in [0.25, 0.3) is 0 Å². The van der Waals surface area contributed by atoms with E-state index < -0.39 is 0 Å². The maximum atomic E-state index is 6.63. The van der Waals surface area contributed by atoms with E-state index in [9.17, 15) is 0 Å². The van der Waals surface area contributed by atoms with Gasteiger partial charge in [-0.25, -0.2) is 0 Å². The van der Waals surface area contributed by atoms with E-state index >= 15 is 0 Å². The van der Waals surface area contributed by atoms with Crippen LogP contribution in [0.2, 0.25) is 0 Å². The Bertz CT molecular complexity index is 1920. The molecule has 1 heterocycles. The molecule has 1 aliphatic heterocycles. The van der Waals surface area contributed by atoms with Crippen LogP contribution in [0.5, 0.6) is 11.5 Å². The first-order valence-electron chi connectivity index (χ1n) is 13.3. The lowest BCUT2D eigenvalue weighted by Gasteiger charge is -2.22. The number of ether oxygens (including phenoxy) is 1. The summed E-state index contributed by atoms with van der Waals surface area (Å²) in [5, 5.41) is 2.43. The Morgan fingerprint density at radius 2 is 1.13 bits per heavy atom. The Morgan fingerprint density at radius 3 is 2.03 bits per heavy atom. The molecule has 1 heteroatoms. The molecule has 0 amide bonds. The number of rotatable bonds is 1. The van der Waals surface area contributed by atoms with Gasteiger partial charge >= 0.3 is 0 Å². The van der Waals surface area contributed by atoms with E-state index in [4.69, 9.17) is 4.74 Å². The van der Waals surface area contributed by atoms with E-state index in [1.54, 1.807) is 0 Å². The average molecular weight is 487 g/mol. The fourth-order valence-corrected chi connectivity index (χ4v) is 6.56. The largest absolute Gasteiger partial charge is 0.456 e. The summed E-state index contributed by atoms with van der Waals surface area (Å²) < 4.78 is 6.63. The molecule has 6 aromatic rings. The van der Waals surface area contributed by atoms with Crippen LogP contribution in [0.1, 0.15) is 25.0 Å². The van der Waals surface area contributed by atoms with Crippen molar-refractivity contribution in [3.8, 4) is 56.0 Å². The van der Waals surface area contributed by atoms with Crippen LogP contribution in [-0.4, -0.2) is 0 Å². The fourth-order valence-electron chi connectivity index (χ4n) is 6.56. The minimum atomic E-state index is -0.0218. The topological polar surface area (TPSA) is 9.23 Å². The molecule has 0 unspecified atom stereocenters. The first kappa shape index (κ1) is 21.5. The summed E-state index contributed by atoms with van der Waals surface area (Å²) >= 11 is 0. The molecule has 180 valence electrons. The van der Waals surface area contributed by atoms with Crippen LogP contribution in [0.3, 0.4) is 0 Å². The van der Waals surface area contributed by atoms with Gasteiger partial charge in [-0.1, -0.05) is 111 Å². The van der Waals surface area contributed by atoms with Crippen molar-refractivity contribution in [2.75, 3.05) is 0 Å². The highest BCUT2D eigenvalue weighted by molar-refractivity contribution is 6.05. The van der Waals surface area contributed by atoms with Gasteiger partial charge in [-0.15, -0.1) is 0 Å². The van der Waals surface area contributed by atoms with Crippen molar-refractivity contribution in [2.24, 2.45) is 0 Å². The predicted octanol–water partition coefficient (Wildman–Crippen LogP) is 10.3. The Kier molecular flexibility index (Phi) is 4.35. The standard InChI is InChI=1S/C37H26O/c1-37(2)32-14-8-7-12-28(32)29-18-15-25(22-33(29)37)24-17-19-34-31(21-24)27-11-5-6-13-30(27)36-26-10-4-3-9-23(26)16-20-35(36)38-34/h3-22H,1-2H3. The third-order valence-corrected chi connectivity index (χ3v) is 8.49. The zero-order chi connectivity index (χ0) is 25.4. The highest BCUT2D eigenvalue weighted by atomic mass is 16.5. The van der Waals surface area contributed by atoms with Crippen LogP contribution in [0.25, 0.3) is 55.3 Å². The smallest absolute Gasteiger partial charge is 0.135 e. The van der Waals surface area contributed by atoms with E-state index in [0.29, 0.717) is 0 Å². The molecule has 0 spiro atoms. The second kappa shape index (κ2) is 7.69. The minimum Gasteiger partial charge on any atom is -0.456 e. The summed E-state index contributed by atoms with van der Waals surface area (Å²) in [7, 11) is 0. The highest BCUT2D eigenvalue weighted by Crippen LogP contribution is 2.52. The van der Waals surface area contributed by atoms with Crippen LogP contribution >= 0.6 is 0 Å². The zero-order valence-electron chi connectivity index (χ0n) is 21.5. The Hall–Kier alpha value is -4.62. The van der Waals surface area contributed by atoms with E-state index in [-0.39, 0.29) is 5.41 Å². The van der Waals surface area contributed by atoms with Gasteiger partial charge in [-0.2, -0.15) is 0 Å². The van der Waals surface area contributed by atoms with Crippen LogP contribution < -0.4 is 4.74 Å². The maximum absolute atomic E-state index is 6.63. The molecule has 1 nitrogen and oxygen atoms in total. The first-order chi connectivity index (χ1) is 18.6. The van der Waals surface area contributed by atoms with Crippen molar-refractivity contribution in [2.45, 2.75) is 19.3 Å². The Labute approximate surface area is 223 Å². The molecule has 0 saturated carbocycles. The summed E-state index contributed by atoms with van der Waals surface area (Å²) in [4.78, 5) is 0. The molecule has 0 N–H and O–H groups in total. The van der Waals surface area contributed by atoms with Gasteiger partial charge in [0.1, 0.15) is 11.5 Å². The number of fused-ring (bicyclic) bond motifs is 10. The maximum Gasteiger partial charge on any atom is 0.135 e. The van der Waals surface area contributed by atoms with Gasteiger partial charge in [0.2, 0.25) is 0 Å². The number of hydrogen-bond donors (Lipinski definition) is 0. The second-order valence-corrected chi connectivity index (χ2v) is 10.9. The van der Waals surface area contributed by atoms with E-state index in [1.165, 1.54) is 55.3 Å². The third-order valence-electron chi connectivity index (χ3n) is 8.49. The van der Waals surface area contributed by atoms with Gasteiger partial charge in [-0.3, -0.25) is 0 Å². The molecule has 0 fully saturated rings. The van der Waals surface area contributed by atoms with Crippen molar-refractivity contribution in [1.82, 2.24) is 0 Å². The van der Waals surface area contributed by atoms with E-state index in [0.717, 1.165) is 22.6 Å². The van der Waals surface area contributed by atoms with Gasteiger partial charge in [0.15, 0.2) is 0 Å². The lowest BCUT2D eigenvalue weighted by Crippen LogP contribution is -2.14. The molecule has 38 heavy (non-hydrogen) atoms. The third kappa shape index (κ3) is 2.93. The van der Waals surface area contributed by atoms with Gasteiger partial charge in [0, 0.05) is 16.5 Å². The fraction of sp³-hybridized carbons (Fsp3) is 0.0811. The van der Waals surface area contributed by atoms with Crippen LogP contribution in [0.4, 0.5) is 0 Å². The van der Waals surface area contributed by atoms with Crippen molar-refractivity contribution >= 4 is 10.8 Å².